The van der Waals surface area contributed by atoms with E-state index in [-0.39, 0.29) is 10.6 Å². The van der Waals surface area contributed by atoms with Gasteiger partial charge in [0.2, 0.25) is 0 Å². The third-order valence-corrected chi connectivity index (χ3v) is 3.59. The van der Waals surface area contributed by atoms with Crippen LogP contribution in [0.1, 0.15) is 11.1 Å². The number of ether oxygens (including phenoxy) is 2. The van der Waals surface area contributed by atoms with Crippen LogP contribution in [-0.2, 0) is 4.79 Å². The first kappa shape index (κ1) is 16.8. The first-order valence-electron chi connectivity index (χ1n) is 6.59. The Morgan fingerprint density at radius 1 is 1.13 bits per heavy atom. The largest absolute Gasteiger partial charge is 0.493 e. The van der Waals surface area contributed by atoms with Gasteiger partial charge in [-0.2, -0.15) is 0 Å². The molecule has 120 valence electrons. The molecule has 0 radical (unpaired) electrons. The van der Waals surface area contributed by atoms with Crippen LogP contribution >= 0.6 is 11.6 Å². The first-order chi connectivity index (χ1) is 11.0. The molecule has 0 fully saturated rings. The molecule has 4 nitrogen and oxygen atoms in total. The number of benzene rings is 2. The second-order valence-electron chi connectivity index (χ2n) is 4.57. The van der Waals surface area contributed by atoms with Gasteiger partial charge in [0.1, 0.15) is 5.82 Å². The summed E-state index contributed by atoms with van der Waals surface area (Å²) in [7, 11) is 2.92. The van der Waals surface area contributed by atoms with Crippen LogP contribution < -0.4 is 9.47 Å². The number of carbonyl (C=O) groups is 1. The zero-order valence-corrected chi connectivity index (χ0v) is 13.2. The zero-order chi connectivity index (χ0) is 17.0. The second-order valence-corrected chi connectivity index (χ2v) is 4.95. The van der Waals surface area contributed by atoms with Crippen LogP contribution in [0.4, 0.5) is 4.39 Å². The molecule has 0 spiro atoms. The molecule has 23 heavy (non-hydrogen) atoms. The molecule has 6 heteroatoms. The molecule has 0 atom stereocenters. The molecular weight excluding hydrogens is 323 g/mol. The van der Waals surface area contributed by atoms with E-state index >= 15 is 0 Å². The van der Waals surface area contributed by atoms with Crippen LogP contribution in [0.3, 0.4) is 0 Å². The number of aliphatic carboxylic acids is 1. The van der Waals surface area contributed by atoms with E-state index in [0.717, 1.165) is 0 Å². The summed E-state index contributed by atoms with van der Waals surface area (Å²) >= 11 is 6.25. The molecule has 0 unspecified atom stereocenters. The van der Waals surface area contributed by atoms with E-state index < -0.39 is 11.8 Å². The Bertz CT molecular complexity index is 754. The zero-order valence-electron chi connectivity index (χ0n) is 12.5. The highest BCUT2D eigenvalue weighted by molar-refractivity contribution is 6.34. The summed E-state index contributed by atoms with van der Waals surface area (Å²) in [4.78, 5) is 11.5. The predicted molar refractivity (Wildman–Crippen MR) is 86.5 cm³/mol. The van der Waals surface area contributed by atoms with Gasteiger partial charge in [-0.25, -0.2) is 9.18 Å². The molecule has 2 aromatic rings. The molecule has 1 N–H and O–H groups in total. The van der Waals surface area contributed by atoms with Crippen molar-refractivity contribution in [1.82, 2.24) is 0 Å². The van der Waals surface area contributed by atoms with Crippen molar-refractivity contribution >= 4 is 29.2 Å². The average Bonchev–Trinajstić information content (AvgIpc) is 2.54. The molecule has 2 rings (SSSR count). The van der Waals surface area contributed by atoms with Crippen molar-refractivity contribution in [2.75, 3.05) is 14.2 Å². The van der Waals surface area contributed by atoms with E-state index in [1.807, 2.05) is 0 Å². The van der Waals surface area contributed by atoms with E-state index in [0.29, 0.717) is 22.6 Å². The number of halogens is 2. The number of carboxylic acid groups (broad SMARTS) is 1. The lowest BCUT2D eigenvalue weighted by atomic mass is 10.0. The SMILES string of the molecule is COc1ccc(/C=C(\C(=O)O)c2ccc(F)cc2)c(Cl)c1OC. The van der Waals surface area contributed by atoms with Crippen LogP contribution in [0.2, 0.25) is 5.02 Å². The highest BCUT2D eigenvalue weighted by Gasteiger charge is 2.15. The number of hydrogen-bond donors (Lipinski definition) is 1. The Morgan fingerprint density at radius 2 is 1.78 bits per heavy atom. The maximum atomic E-state index is 13.0. The summed E-state index contributed by atoms with van der Waals surface area (Å²) < 4.78 is 23.3. The molecule has 0 saturated carbocycles. The lowest BCUT2D eigenvalue weighted by molar-refractivity contribution is -0.130. The molecule has 2 aromatic carbocycles. The van der Waals surface area contributed by atoms with Crippen molar-refractivity contribution in [3.8, 4) is 11.5 Å². The summed E-state index contributed by atoms with van der Waals surface area (Å²) in [5.41, 5.74) is 0.801. The van der Waals surface area contributed by atoms with Crippen molar-refractivity contribution in [3.05, 3.63) is 58.4 Å². The maximum Gasteiger partial charge on any atom is 0.336 e. The van der Waals surface area contributed by atoms with Crippen molar-refractivity contribution in [1.29, 1.82) is 0 Å². The fraction of sp³-hybridized carbons (Fsp3) is 0.118. The van der Waals surface area contributed by atoms with Gasteiger partial charge in [-0.3, -0.25) is 0 Å². The minimum absolute atomic E-state index is 0.0147. The second kappa shape index (κ2) is 7.15. The van der Waals surface area contributed by atoms with Gasteiger partial charge in [0.25, 0.3) is 0 Å². The number of hydrogen-bond acceptors (Lipinski definition) is 3. The van der Waals surface area contributed by atoms with Crippen LogP contribution in [-0.4, -0.2) is 25.3 Å². The molecule has 0 bridgehead atoms. The number of rotatable bonds is 5. The monoisotopic (exact) mass is 336 g/mol. The topological polar surface area (TPSA) is 55.8 Å². The molecule has 0 aliphatic heterocycles. The summed E-state index contributed by atoms with van der Waals surface area (Å²) in [6.07, 6.45) is 1.40. The van der Waals surface area contributed by atoms with Gasteiger partial charge in [0.05, 0.1) is 24.8 Å². The molecule has 0 aliphatic carbocycles. The van der Waals surface area contributed by atoms with Gasteiger partial charge in [-0.1, -0.05) is 23.7 Å². The smallest absolute Gasteiger partial charge is 0.336 e. The third-order valence-electron chi connectivity index (χ3n) is 3.20. The van der Waals surface area contributed by atoms with Gasteiger partial charge >= 0.3 is 5.97 Å². The quantitative estimate of drug-likeness (QED) is 0.659. The summed E-state index contributed by atoms with van der Waals surface area (Å²) in [5, 5.41) is 9.64. The van der Waals surface area contributed by atoms with Crippen molar-refractivity contribution in [3.63, 3.8) is 0 Å². The van der Waals surface area contributed by atoms with Crippen molar-refractivity contribution < 1.29 is 23.8 Å². The Balaban J connectivity index is 2.56. The minimum atomic E-state index is -1.15. The number of carboxylic acids is 1. The van der Waals surface area contributed by atoms with E-state index in [2.05, 4.69) is 0 Å². The average molecular weight is 337 g/mol. The van der Waals surface area contributed by atoms with E-state index in [1.54, 1.807) is 12.1 Å². The molecular formula is C17H14ClFO4. The van der Waals surface area contributed by atoms with Crippen LogP contribution in [0, 0.1) is 5.82 Å². The summed E-state index contributed by atoms with van der Waals surface area (Å²) in [5.74, 6) is -0.842. The fourth-order valence-electron chi connectivity index (χ4n) is 2.07. The van der Waals surface area contributed by atoms with Gasteiger partial charge < -0.3 is 14.6 Å². The lowest BCUT2D eigenvalue weighted by Crippen LogP contribution is -2.00. The summed E-state index contributed by atoms with van der Waals surface area (Å²) in [6, 6.07) is 8.43. The highest BCUT2D eigenvalue weighted by Crippen LogP contribution is 2.38. The molecule has 0 aliphatic rings. The fourth-order valence-corrected chi connectivity index (χ4v) is 2.36. The normalized spacial score (nSPS) is 11.2. The standard InChI is InChI=1S/C17H14ClFO4/c1-22-14-8-5-11(15(18)16(14)23-2)9-13(17(20)21)10-3-6-12(19)7-4-10/h3-9H,1-2H3,(H,20,21)/b13-9-. The lowest BCUT2D eigenvalue weighted by Gasteiger charge is -2.11. The Morgan fingerprint density at radius 3 is 2.30 bits per heavy atom. The van der Waals surface area contributed by atoms with Crippen LogP contribution in [0.25, 0.3) is 11.6 Å². The Kier molecular flexibility index (Phi) is 5.24. The molecule has 0 amide bonds. The predicted octanol–water partition coefficient (Wildman–Crippen LogP) is 4.12. The van der Waals surface area contributed by atoms with Crippen molar-refractivity contribution in [2.45, 2.75) is 0 Å². The van der Waals surface area contributed by atoms with Crippen LogP contribution in [0.15, 0.2) is 36.4 Å². The van der Waals surface area contributed by atoms with E-state index in [9.17, 15) is 14.3 Å². The number of methoxy groups -OCH3 is 2. The van der Waals surface area contributed by atoms with E-state index in [1.165, 1.54) is 44.6 Å². The van der Waals surface area contributed by atoms with Gasteiger partial charge in [-0.15, -0.1) is 0 Å². The molecule has 0 aromatic heterocycles. The maximum absolute atomic E-state index is 13.0. The third kappa shape index (κ3) is 3.63. The molecule has 0 saturated heterocycles. The Hall–Kier alpha value is -2.53. The highest BCUT2D eigenvalue weighted by atomic mass is 35.5. The molecule has 0 heterocycles. The Labute approximate surface area is 137 Å². The van der Waals surface area contributed by atoms with Gasteiger partial charge in [0, 0.05) is 0 Å². The minimum Gasteiger partial charge on any atom is -0.493 e. The van der Waals surface area contributed by atoms with Gasteiger partial charge in [-0.05, 0) is 41.5 Å². The van der Waals surface area contributed by atoms with Crippen LogP contribution in [0.5, 0.6) is 11.5 Å². The first-order valence-corrected chi connectivity index (χ1v) is 6.97. The van der Waals surface area contributed by atoms with Crippen molar-refractivity contribution in [2.24, 2.45) is 0 Å². The van der Waals surface area contributed by atoms with E-state index in [4.69, 9.17) is 21.1 Å². The van der Waals surface area contributed by atoms with Gasteiger partial charge in [0.15, 0.2) is 11.5 Å². The summed E-state index contributed by atoms with van der Waals surface area (Å²) in [6.45, 7) is 0.